The summed E-state index contributed by atoms with van der Waals surface area (Å²) in [6, 6.07) is 5.50. The summed E-state index contributed by atoms with van der Waals surface area (Å²) in [6.07, 6.45) is 3.67. The molecule has 2 N–H and O–H groups in total. The van der Waals surface area contributed by atoms with Crippen molar-refractivity contribution in [1.29, 1.82) is 0 Å². The van der Waals surface area contributed by atoms with Gasteiger partial charge in [0.1, 0.15) is 11.5 Å². The van der Waals surface area contributed by atoms with Gasteiger partial charge in [-0.05, 0) is 37.8 Å². The second-order valence-corrected chi connectivity index (χ2v) is 7.54. The average Bonchev–Trinajstić information content (AvgIpc) is 3.18. The van der Waals surface area contributed by atoms with Crippen LogP contribution in [0.4, 0.5) is 14.6 Å². The molecule has 3 aromatic heterocycles. The van der Waals surface area contributed by atoms with Gasteiger partial charge in [-0.2, -0.15) is 0 Å². The van der Waals surface area contributed by atoms with E-state index in [1.54, 1.807) is 25.4 Å². The van der Waals surface area contributed by atoms with Crippen LogP contribution in [0.15, 0.2) is 35.0 Å². The Morgan fingerprint density at radius 3 is 2.70 bits per heavy atom. The Kier molecular flexibility index (Phi) is 5.98. The van der Waals surface area contributed by atoms with Crippen molar-refractivity contribution in [2.75, 3.05) is 11.9 Å². The predicted molar refractivity (Wildman–Crippen MR) is 108 cm³/mol. The summed E-state index contributed by atoms with van der Waals surface area (Å²) < 4.78 is 30.2. The Morgan fingerprint density at radius 1 is 1.20 bits per heavy atom. The summed E-state index contributed by atoms with van der Waals surface area (Å²) in [6.45, 7) is 1.47. The quantitative estimate of drug-likeness (QED) is 0.633. The number of hydrogen-bond donors (Lipinski definition) is 2. The van der Waals surface area contributed by atoms with Crippen LogP contribution in [0.3, 0.4) is 0 Å². The first-order chi connectivity index (χ1) is 14.5. The van der Waals surface area contributed by atoms with Crippen molar-refractivity contribution in [3.8, 4) is 11.5 Å². The molecule has 0 spiro atoms. The lowest BCUT2D eigenvalue weighted by Crippen LogP contribution is -2.38. The van der Waals surface area contributed by atoms with E-state index in [2.05, 4.69) is 25.6 Å². The van der Waals surface area contributed by atoms with Gasteiger partial charge in [0.15, 0.2) is 11.7 Å². The van der Waals surface area contributed by atoms with Gasteiger partial charge in [-0.25, -0.2) is 23.7 Å². The maximum atomic E-state index is 12.6. The number of anilines is 1. The summed E-state index contributed by atoms with van der Waals surface area (Å²) in [5.74, 6) is 1.33. The smallest absolute Gasteiger partial charge is 0.250 e. The van der Waals surface area contributed by atoms with Gasteiger partial charge in [-0.1, -0.05) is 0 Å². The zero-order valence-corrected chi connectivity index (χ0v) is 16.6. The van der Waals surface area contributed by atoms with E-state index in [4.69, 9.17) is 4.42 Å². The Bertz CT molecular complexity index is 1030. The van der Waals surface area contributed by atoms with Crippen molar-refractivity contribution < 1.29 is 18.0 Å². The molecule has 4 rings (SSSR count). The molecule has 30 heavy (non-hydrogen) atoms. The predicted octanol–water partition coefficient (Wildman–Crippen LogP) is 3.95. The van der Waals surface area contributed by atoms with Gasteiger partial charge in [0.2, 0.25) is 5.91 Å². The topological polar surface area (TPSA) is 92.9 Å². The number of fused-ring (bicyclic) bond motifs is 1. The van der Waals surface area contributed by atoms with Crippen LogP contribution < -0.4 is 10.6 Å². The number of nitrogens with zero attached hydrogens (tertiary/aromatic N) is 3. The first-order valence-electron chi connectivity index (χ1n) is 10.00. The molecule has 0 bridgehead atoms. The van der Waals surface area contributed by atoms with Gasteiger partial charge in [-0.15, -0.1) is 0 Å². The van der Waals surface area contributed by atoms with Gasteiger partial charge < -0.3 is 15.1 Å². The largest absolute Gasteiger partial charge is 0.439 e. The van der Waals surface area contributed by atoms with Gasteiger partial charge in [-0.3, -0.25) is 4.79 Å². The Labute approximate surface area is 172 Å². The fraction of sp³-hybridized carbons (Fsp3) is 0.429. The third kappa shape index (κ3) is 4.79. The number of oxazole rings is 1. The molecular weight excluding hydrogens is 392 g/mol. The SMILES string of the molecule is Cc1ncc(-c2ccc3cnc(NC(=O)[C@H]4CC[C@H](NCC(F)F)CC4)cc3n2)o1. The summed E-state index contributed by atoms with van der Waals surface area (Å²) >= 11 is 0. The number of rotatable bonds is 6. The van der Waals surface area contributed by atoms with Crippen LogP contribution in [0.1, 0.15) is 31.6 Å². The molecule has 1 aliphatic carbocycles. The van der Waals surface area contributed by atoms with Crippen molar-refractivity contribution in [1.82, 2.24) is 20.3 Å². The lowest BCUT2D eigenvalue weighted by atomic mass is 9.85. The number of nitrogens with one attached hydrogen (secondary N) is 2. The van der Waals surface area contributed by atoms with E-state index in [1.165, 1.54) is 0 Å². The van der Waals surface area contributed by atoms with Crippen molar-refractivity contribution in [3.05, 3.63) is 36.5 Å². The molecule has 1 amide bonds. The van der Waals surface area contributed by atoms with E-state index in [0.29, 0.717) is 54.4 Å². The number of halogens is 2. The molecule has 7 nitrogen and oxygen atoms in total. The second kappa shape index (κ2) is 8.83. The van der Waals surface area contributed by atoms with Gasteiger partial charge in [0, 0.05) is 36.5 Å². The highest BCUT2D eigenvalue weighted by Crippen LogP contribution is 2.27. The monoisotopic (exact) mass is 415 g/mol. The summed E-state index contributed by atoms with van der Waals surface area (Å²) in [5.41, 5.74) is 1.34. The fourth-order valence-corrected chi connectivity index (χ4v) is 3.75. The number of hydrogen-bond acceptors (Lipinski definition) is 6. The molecule has 1 aliphatic rings. The molecule has 0 radical (unpaired) electrons. The number of aryl methyl sites for hydroxylation is 1. The molecule has 0 aromatic carbocycles. The third-order valence-electron chi connectivity index (χ3n) is 5.36. The minimum absolute atomic E-state index is 0.0455. The maximum absolute atomic E-state index is 12.6. The number of amides is 1. The van der Waals surface area contributed by atoms with Crippen molar-refractivity contribution >= 4 is 22.6 Å². The van der Waals surface area contributed by atoms with Gasteiger partial charge in [0.25, 0.3) is 6.43 Å². The molecule has 0 unspecified atom stereocenters. The van der Waals surface area contributed by atoms with Crippen LogP contribution >= 0.6 is 0 Å². The first kappa shape index (κ1) is 20.3. The standard InChI is InChI=1S/C21H23F2N5O2/c1-12-24-10-18(30-12)16-7-4-14-9-26-20(8-17(14)27-16)28-21(29)13-2-5-15(6-3-13)25-11-19(22)23/h4,7-10,13,15,19,25H,2-3,5-6,11H2,1H3,(H,26,28,29)/t13-,15-. The van der Waals surface area contributed by atoms with Gasteiger partial charge >= 0.3 is 0 Å². The van der Waals surface area contributed by atoms with Crippen LogP contribution in [0.5, 0.6) is 0 Å². The van der Waals surface area contributed by atoms with E-state index in [0.717, 1.165) is 5.39 Å². The number of aromatic nitrogens is 3. The van der Waals surface area contributed by atoms with Crippen molar-refractivity contribution in [2.45, 2.75) is 45.1 Å². The summed E-state index contributed by atoms with van der Waals surface area (Å²) in [5, 5.41) is 6.57. The van der Waals surface area contributed by atoms with Crippen molar-refractivity contribution in [2.24, 2.45) is 5.92 Å². The lowest BCUT2D eigenvalue weighted by molar-refractivity contribution is -0.120. The molecule has 3 heterocycles. The second-order valence-electron chi connectivity index (χ2n) is 7.54. The van der Waals surface area contributed by atoms with E-state index in [-0.39, 0.29) is 24.4 Å². The number of carbonyl (C=O) groups excluding carboxylic acids is 1. The Balaban J connectivity index is 1.40. The minimum atomic E-state index is -2.35. The number of pyridine rings is 2. The molecular formula is C21H23F2N5O2. The first-order valence-corrected chi connectivity index (χ1v) is 10.00. The molecule has 0 aliphatic heterocycles. The number of carbonyl (C=O) groups is 1. The van der Waals surface area contributed by atoms with E-state index < -0.39 is 6.43 Å². The van der Waals surface area contributed by atoms with Crippen LogP contribution in [0, 0.1) is 12.8 Å². The van der Waals surface area contributed by atoms with Crippen molar-refractivity contribution in [3.63, 3.8) is 0 Å². The highest BCUT2D eigenvalue weighted by molar-refractivity contribution is 5.93. The molecule has 3 aromatic rings. The normalized spacial score (nSPS) is 19.3. The number of alkyl halides is 2. The lowest BCUT2D eigenvalue weighted by Gasteiger charge is -2.28. The molecule has 9 heteroatoms. The minimum Gasteiger partial charge on any atom is -0.439 e. The Hall–Kier alpha value is -2.94. The van der Waals surface area contributed by atoms with Crippen LogP contribution in [-0.2, 0) is 4.79 Å². The van der Waals surface area contributed by atoms with Crippen LogP contribution in [0.2, 0.25) is 0 Å². The fourth-order valence-electron chi connectivity index (χ4n) is 3.75. The van der Waals surface area contributed by atoms with Crippen LogP contribution in [0.25, 0.3) is 22.4 Å². The molecule has 0 saturated heterocycles. The molecule has 1 saturated carbocycles. The zero-order chi connectivity index (χ0) is 21.1. The Morgan fingerprint density at radius 2 is 2.00 bits per heavy atom. The highest BCUT2D eigenvalue weighted by atomic mass is 19.3. The third-order valence-corrected chi connectivity index (χ3v) is 5.36. The summed E-state index contributed by atoms with van der Waals surface area (Å²) in [7, 11) is 0. The average molecular weight is 415 g/mol. The van der Waals surface area contributed by atoms with Gasteiger partial charge in [0.05, 0.1) is 18.3 Å². The van der Waals surface area contributed by atoms with E-state index in [9.17, 15) is 13.6 Å². The molecule has 158 valence electrons. The maximum Gasteiger partial charge on any atom is 0.250 e. The van der Waals surface area contributed by atoms with E-state index >= 15 is 0 Å². The van der Waals surface area contributed by atoms with Crippen LogP contribution in [-0.4, -0.2) is 39.9 Å². The summed E-state index contributed by atoms with van der Waals surface area (Å²) in [4.78, 5) is 25.6. The molecule has 1 fully saturated rings. The zero-order valence-electron chi connectivity index (χ0n) is 16.6. The highest BCUT2D eigenvalue weighted by Gasteiger charge is 2.26. The molecule has 0 atom stereocenters. The van der Waals surface area contributed by atoms with E-state index in [1.807, 2.05) is 12.1 Å².